The first-order valence-corrected chi connectivity index (χ1v) is 11.6. The summed E-state index contributed by atoms with van der Waals surface area (Å²) in [5, 5.41) is 1.12. The Morgan fingerprint density at radius 3 is 2.82 bits per heavy atom. The molecule has 8 heteroatoms. The number of nitrogens with one attached hydrogen (secondary N) is 1. The molecule has 0 spiro atoms. The Bertz CT molecular complexity index is 1340. The molecule has 3 aliphatic rings. The molecule has 0 aliphatic carbocycles. The molecule has 3 aromatic rings. The van der Waals surface area contributed by atoms with Gasteiger partial charge in [-0.1, -0.05) is 24.3 Å². The van der Waals surface area contributed by atoms with Gasteiger partial charge in [0.1, 0.15) is 17.6 Å². The molecule has 5 heterocycles. The molecule has 3 aliphatic heterocycles. The molecule has 2 aromatic heterocycles. The second-order valence-corrected chi connectivity index (χ2v) is 9.02. The van der Waals surface area contributed by atoms with Crippen molar-refractivity contribution in [2.45, 2.75) is 19.3 Å². The fourth-order valence-electron chi connectivity index (χ4n) is 5.07. The van der Waals surface area contributed by atoms with Crippen LogP contribution in [0.3, 0.4) is 0 Å². The van der Waals surface area contributed by atoms with Crippen LogP contribution in [0.15, 0.2) is 88.6 Å². The topological polar surface area (TPSA) is 99.7 Å². The summed E-state index contributed by atoms with van der Waals surface area (Å²) in [7, 11) is 0. The molecule has 0 bridgehead atoms. The van der Waals surface area contributed by atoms with Gasteiger partial charge < -0.3 is 9.88 Å². The minimum absolute atomic E-state index is 0.00576. The van der Waals surface area contributed by atoms with Crippen LogP contribution in [-0.4, -0.2) is 50.5 Å². The highest BCUT2D eigenvalue weighted by atomic mass is 16.2. The Labute approximate surface area is 197 Å². The number of aromatic nitrogens is 2. The molecule has 1 aromatic carbocycles. The maximum Gasteiger partial charge on any atom is 0.281 e. The Kier molecular flexibility index (Phi) is 4.97. The Morgan fingerprint density at radius 1 is 1.18 bits per heavy atom. The zero-order chi connectivity index (χ0) is 23.1. The minimum atomic E-state index is 0.00576. The molecule has 8 nitrogen and oxygen atoms in total. The molecule has 0 saturated carbocycles. The number of allylic oxidation sites excluding steroid dienone is 2. The van der Waals surface area contributed by atoms with Gasteiger partial charge in [-0.25, -0.2) is 0 Å². The number of piperidine rings is 1. The van der Waals surface area contributed by atoms with Gasteiger partial charge in [0, 0.05) is 42.3 Å². The van der Waals surface area contributed by atoms with Gasteiger partial charge in [0.2, 0.25) is 11.6 Å². The van der Waals surface area contributed by atoms with E-state index in [9.17, 15) is 4.79 Å². The van der Waals surface area contributed by atoms with Crippen LogP contribution in [0.1, 0.15) is 24.1 Å². The number of carbonyl (C=O) groups is 1. The number of likely N-dealkylation sites (tertiary alicyclic amines) is 1. The van der Waals surface area contributed by atoms with E-state index >= 15 is 0 Å². The summed E-state index contributed by atoms with van der Waals surface area (Å²) >= 11 is 0. The number of rotatable bonds is 4. The Hall–Kier alpha value is -3.88. The smallest absolute Gasteiger partial charge is 0.281 e. The number of nitrogens with two attached hydrogens (primary N) is 1. The van der Waals surface area contributed by atoms with Crippen molar-refractivity contribution in [1.82, 2.24) is 14.9 Å². The van der Waals surface area contributed by atoms with Gasteiger partial charge in [-0.2, -0.15) is 10.8 Å². The second-order valence-electron chi connectivity index (χ2n) is 9.02. The van der Waals surface area contributed by atoms with Crippen molar-refractivity contribution in [3.63, 3.8) is 0 Å². The van der Waals surface area contributed by atoms with Gasteiger partial charge in [-0.15, -0.1) is 4.59 Å². The normalized spacial score (nSPS) is 22.4. The lowest BCUT2D eigenvalue weighted by Gasteiger charge is -2.32. The SMILES string of the molecule is N[N+]12C=CN=CC1=C(C1CCN(C(=O)Cc3cccnc3)CC1)N=C2c1cc2ccccc2[nH]1. The van der Waals surface area contributed by atoms with E-state index in [2.05, 4.69) is 33.2 Å². The van der Waals surface area contributed by atoms with Gasteiger partial charge in [0.15, 0.2) is 0 Å². The lowest BCUT2D eigenvalue weighted by molar-refractivity contribution is -0.750. The zero-order valence-electron chi connectivity index (χ0n) is 18.8. The van der Waals surface area contributed by atoms with Crippen molar-refractivity contribution in [3.8, 4) is 0 Å². The summed E-state index contributed by atoms with van der Waals surface area (Å²) in [5.41, 5.74) is 4.77. The first kappa shape index (κ1) is 20.7. The number of hydrogen-bond donors (Lipinski definition) is 2. The van der Waals surface area contributed by atoms with Crippen LogP contribution in [-0.2, 0) is 11.2 Å². The predicted octanol–water partition coefficient (Wildman–Crippen LogP) is 3.26. The molecule has 0 radical (unpaired) electrons. The number of quaternary nitrogens is 1. The van der Waals surface area contributed by atoms with Gasteiger partial charge in [0.05, 0.1) is 18.8 Å². The molecule has 3 N–H and O–H groups in total. The van der Waals surface area contributed by atoms with E-state index in [1.54, 1.807) is 18.6 Å². The van der Waals surface area contributed by atoms with Gasteiger partial charge in [-0.05, 0) is 36.6 Å². The lowest BCUT2D eigenvalue weighted by Crippen LogP contribution is -2.53. The molecule has 1 atom stereocenters. The van der Waals surface area contributed by atoms with Crippen molar-refractivity contribution in [2.24, 2.45) is 21.7 Å². The summed E-state index contributed by atoms with van der Waals surface area (Å²) in [6.07, 6.45) is 11.0. The summed E-state index contributed by atoms with van der Waals surface area (Å²) in [4.78, 5) is 31.8. The lowest BCUT2D eigenvalue weighted by atomic mass is 9.92. The number of pyridine rings is 1. The third kappa shape index (κ3) is 3.48. The maximum atomic E-state index is 12.8. The van der Waals surface area contributed by atoms with Crippen molar-refractivity contribution >= 4 is 28.9 Å². The third-order valence-corrected chi connectivity index (χ3v) is 6.91. The molecule has 1 saturated heterocycles. The summed E-state index contributed by atoms with van der Waals surface area (Å²) in [6.45, 7) is 1.41. The van der Waals surface area contributed by atoms with E-state index in [-0.39, 0.29) is 16.4 Å². The number of fused-ring (bicyclic) bond motifs is 2. The monoisotopic (exact) mass is 452 g/mol. The first-order valence-electron chi connectivity index (χ1n) is 11.6. The molecular weight excluding hydrogens is 426 g/mol. The number of hydrogen-bond acceptors (Lipinski definition) is 5. The minimum Gasteiger partial charge on any atom is -0.349 e. The fraction of sp³-hybridized carbons (Fsp3) is 0.231. The molecule has 170 valence electrons. The average molecular weight is 453 g/mol. The number of H-pyrrole nitrogens is 1. The van der Waals surface area contributed by atoms with E-state index in [4.69, 9.17) is 10.8 Å². The molecule has 6 rings (SSSR count). The van der Waals surface area contributed by atoms with E-state index in [1.165, 1.54) is 0 Å². The Balaban J connectivity index is 1.24. The van der Waals surface area contributed by atoms with Crippen LogP contribution in [0.2, 0.25) is 0 Å². The van der Waals surface area contributed by atoms with Crippen molar-refractivity contribution in [1.29, 1.82) is 0 Å². The van der Waals surface area contributed by atoms with Crippen molar-refractivity contribution in [2.75, 3.05) is 13.1 Å². The van der Waals surface area contributed by atoms with Gasteiger partial charge >= 0.3 is 0 Å². The van der Waals surface area contributed by atoms with Crippen LogP contribution < -0.4 is 5.84 Å². The maximum absolute atomic E-state index is 12.8. The third-order valence-electron chi connectivity index (χ3n) is 6.91. The van der Waals surface area contributed by atoms with Crippen LogP contribution >= 0.6 is 0 Å². The number of carbonyl (C=O) groups excluding carboxylic acids is 1. The molecule has 1 fully saturated rings. The first-order chi connectivity index (χ1) is 16.6. The number of aromatic amines is 1. The largest absolute Gasteiger partial charge is 0.349 e. The molecule has 1 amide bonds. The number of nitrogens with zero attached hydrogens (tertiary/aromatic N) is 5. The van der Waals surface area contributed by atoms with Crippen LogP contribution in [0.25, 0.3) is 10.9 Å². The highest BCUT2D eigenvalue weighted by Gasteiger charge is 2.46. The molecule has 34 heavy (non-hydrogen) atoms. The van der Waals surface area contributed by atoms with Crippen LogP contribution in [0.5, 0.6) is 0 Å². The fourth-order valence-corrected chi connectivity index (χ4v) is 5.07. The van der Waals surface area contributed by atoms with Crippen molar-refractivity contribution < 1.29 is 9.39 Å². The quantitative estimate of drug-likeness (QED) is 0.469. The van der Waals surface area contributed by atoms with Crippen LogP contribution in [0.4, 0.5) is 0 Å². The molecular formula is C26H26N7O+. The summed E-state index contributed by atoms with van der Waals surface area (Å²) < 4.78 is 0.00576. The van der Waals surface area contributed by atoms with Crippen LogP contribution in [0, 0.1) is 5.92 Å². The molecule has 1 unspecified atom stereocenters. The zero-order valence-corrected chi connectivity index (χ0v) is 18.8. The number of amidine groups is 1. The Morgan fingerprint density at radius 2 is 2.03 bits per heavy atom. The summed E-state index contributed by atoms with van der Waals surface area (Å²) in [5.74, 6) is 8.03. The highest BCUT2D eigenvalue weighted by molar-refractivity contribution is 6.02. The van der Waals surface area contributed by atoms with E-state index in [1.807, 2.05) is 41.6 Å². The predicted molar refractivity (Wildman–Crippen MR) is 131 cm³/mol. The number of aliphatic imine (C=N–C) groups is 2. The summed E-state index contributed by atoms with van der Waals surface area (Å²) in [6, 6.07) is 14.1. The van der Waals surface area contributed by atoms with Crippen molar-refractivity contribution in [3.05, 3.63) is 89.9 Å². The highest BCUT2D eigenvalue weighted by Crippen LogP contribution is 2.38. The number of benzene rings is 1. The average Bonchev–Trinajstić information content (AvgIpc) is 3.43. The van der Waals surface area contributed by atoms with E-state index in [0.717, 1.165) is 52.2 Å². The van der Waals surface area contributed by atoms with Gasteiger partial charge in [0.25, 0.3) is 5.84 Å². The number of amides is 1. The standard InChI is InChI=1S/C26H26N7O/c27-33-13-10-29-17-23(33)25(31-26(33)22-15-20-5-1-2-6-21(20)30-22)19-7-11-32(12-8-19)24(34)14-18-4-3-9-28-16-18/h1-6,9-10,13,15-17,19,30H,7-8,11-12,14,27H2/q+1. The van der Waals surface area contributed by atoms with E-state index < -0.39 is 0 Å². The van der Waals surface area contributed by atoms with E-state index in [0.29, 0.717) is 19.5 Å². The second kappa shape index (κ2) is 8.16. The number of para-hydroxylation sites is 1. The van der Waals surface area contributed by atoms with Gasteiger partial charge in [-0.3, -0.25) is 14.8 Å².